The highest BCUT2D eigenvalue weighted by atomic mass is 32.2. The number of hydrogen-bond acceptors (Lipinski definition) is 9. The highest BCUT2D eigenvalue weighted by Gasteiger charge is 2.44. The lowest BCUT2D eigenvalue weighted by Gasteiger charge is -2.39. The maximum atomic E-state index is 13.5. The molecule has 2 saturated heterocycles. The number of piperidine rings is 1. The first-order valence-electron chi connectivity index (χ1n) is 13.2. The van der Waals surface area contributed by atoms with Crippen LogP contribution in [0, 0.1) is 10.1 Å². The number of carbonyl (C=O) groups is 1. The van der Waals surface area contributed by atoms with Crippen LogP contribution in [0.2, 0.25) is 0 Å². The van der Waals surface area contributed by atoms with Gasteiger partial charge in [0.15, 0.2) is 15.8 Å². The van der Waals surface area contributed by atoms with E-state index in [1.165, 1.54) is 17.4 Å². The van der Waals surface area contributed by atoms with E-state index in [9.17, 15) is 14.9 Å². The van der Waals surface area contributed by atoms with Gasteiger partial charge in [-0.3, -0.25) is 14.9 Å². The summed E-state index contributed by atoms with van der Waals surface area (Å²) in [5.41, 5.74) is 2.63. The summed E-state index contributed by atoms with van der Waals surface area (Å²) in [5, 5.41) is 11.0. The fraction of sp³-hybridized carbons (Fsp3) is 0.310. The summed E-state index contributed by atoms with van der Waals surface area (Å²) in [6, 6.07) is 18.6. The van der Waals surface area contributed by atoms with E-state index in [0.717, 1.165) is 57.3 Å². The second-order valence-electron chi connectivity index (χ2n) is 10.2. The Hall–Kier alpha value is -3.83. The third kappa shape index (κ3) is 4.84. The van der Waals surface area contributed by atoms with Gasteiger partial charge in [-0.1, -0.05) is 23.9 Å². The molecule has 2 bridgehead atoms. The molecule has 0 N–H and O–H groups in total. The molecule has 0 aliphatic carbocycles. The molecule has 4 aromatic rings. The zero-order valence-corrected chi connectivity index (χ0v) is 23.0. The summed E-state index contributed by atoms with van der Waals surface area (Å²) in [5.74, 6) is 3.00. The van der Waals surface area contributed by atoms with Gasteiger partial charge in [-0.15, -0.1) is 11.3 Å². The third-order valence-corrected chi connectivity index (χ3v) is 9.93. The summed E-state index contributed by atoms with van der Waals surface area (Å²) in [6.45, 7) is 0.237. The van der Waals surface area contributed by atoms with Crippen LogP contribution < -0.4 is 14.2 Å². The van der Waals surface area contributed by atoms with Gasteiger partial charge in [0, 0.05) is 54.4 Å². The van der Waals surface area contributed by atoms with Crippen molar-refractivity contribution in [2.75, 3.05) is 6.79 Å². The molecular weight excluding hydrogens is 550 g/mol. The van der Waals surface area contributed by atoms with E-state index in [1.807, 2.05) is 42.5 Å². The smallest absolute Gasteiger partial charge is 0.270 e. The van der Waals surface area contributed by atoms with Gasteiger partial charge in [0.05, 0.1) is 15.1 Å². The maximum absolute atomic E-state index is 13.5. The van der Waals surface area contributed by atoms with Gasteiger partial charge in [0.1, 0.15) is 11.9 Å². The van der Waals surface area contributed by atoms with E-state index in [2.05, 4.69) is 9.88 Å². The molecule has 2 atom stereocenters. The minimum atomic E-state index is -0.391. The van der Waals surface area contributed by atoms with Crippen LogP contribution in [0.5, 0.6) is 17.2 Å². The number of non-ortho nitro benzene ring substituents is 1. The minimum Gasteiger partial charge on any atom is -0.490 e. The number of thiazole rings is 1. The Labute approximate surface area is 238 Å². The zero-order chi connectivity index (χ0) is 27.2. The van der Waals surface area contributed by atoms with Crippen LogP contribution >= 0.6 is 23.1 Å². The first-order valence-corrected chi connectivity index (χ1v) is 15.0. The van der Waals surface area contributed by atoms with E-state index >= 15 is 0 Å². The van der Waals surface area contributed by atoms with Crippen molar-refractivity contribution >= 4 is 44.9 Å². The molecule has 40 heavy (non-hydrogen) atoms. The number of aromatic nitrogens is 1. The molecule has 3 aliphatic rings. The van der Waals surface area contributed by atoms with Crippen molar-refractivity contribution in [3.05, 3.63) is 81.9 Å². The topological polar surface area (TPSA) is 104 Å². The summed E-state index contributed by atoms with van der Waals surface area (Å²) < 4.78 is 18.8. The summed E-state index contributed by atoms with van der Waals surface area (Å²) >= 11 is 3.04. The number of carbonyl (C=O) groups excluding carboxylic acids is 1. The van der Waals surface area contributed by atoms with Crippen molar-refractivity contribution in [1.29, 1.82) is 0 Å². The Morgan fingerprint density at radius 1 is 1.05 bits per heavy atom. The summed E-state index contributed by atoms with van der Waals surface area (Å²) in [7, 11) is 0. The van der Waals surface area contributed by atoms with Crippen molar-refractivity contribution < 1.29 is 23.9 Å². The van der Waals surface area contributed by atoms with Crippen molar-refractivity contribution in [3.63, 3.8) is 0 Å². The molecule has 11 heteroatoms. The normalized spacial score (nSPS) is 21.1. The van der Waals surface area contributed by atoms with Crippen molar-refractivity contribution in [1.82, 2.24) is 9.88 Å². The van der Waals surface area contributed by atoms with Crippen LogP contribution in [0.25, 0.3) is 10.2 Å². The zero-order valence-electron chi connectivity index (χ0n) is 21.4. The molecule has 0 spiro atoms. The quantitative estimate of drug-likeness (QED) is 0.141. The number of nitrogens with zero attached hydrogens (tertiary/aromatic N) is 3. The second-order valence-corrected chi connectivity index (χ2v) is 12.5. The number of rotatable bonds is 7. The van der Waals surface area contributed by atoms with Gasteiger partial charge in [-0.25, -0.2) is 4.98 Å². The van der Waals surface area contributed by atoms with Crippen molar-refractivity contribution in [2.24, 2.45) is 0 Å². The Bertz CT molecular complexity index is 1590. The summed E-state index contributed by atoms with van der Waals surface area (Å²) in [4.78, 5) is 30.8. The van der Waals surface area contributed by atoms with E-state index in [4.69, 9.17) is 14.2 Å². The molecule has 1 aromatic heterocycles. The number of nitro groups is 1. The van der Waals surface area contributed by atoms with Crippen LogP contribution in [-0.2, 0) is 5.75 Å². The lowest BCUT2D eigenvalue weighted by atomic mass is 9.98. The standard InChI is InChI=1S/C29H25N3O6S2/c33-28(31-19-5-6-20(31)12-23(11-19)38-22-8-10-25-26(14-22)37-16-36-25)18-3-1-17(2-4-18)15-39-29-30-24-9-7-21(32(34)35)13-27(24)40-29/h1-4,7-10,13-14,19-20,23H,5-6,11-12,15-16H2/t19-,20-/m0/s1. The Balaban J connectivity index is 0.967. The molecule has 0 radical (unpaired) electrons. The number of fused-ring (bicyclic) bond motifs is 4. The van der Waals surface area contributed by atoms with Crippen LogP contribution in [0.4, 0.5) is 5.69 Å². The second kappa shape index (κ2) is 10.3. The molecule has 0 saturated carbocycles. The number of benzene rings is 3. The number of ether oxygens (including phenoxy) is 3. The average Bonchev–Trinajstić information content (AvgIpc) is 3.66. The van der Waals surface area contributed by atoms with Gasteiger partial charge < -0.3 is 19.1 Å². The molecular formula is C29H25N3O6S2. The monoisotopic (exact) mass is 575 g/mol. The maximum Gasteiger partial charge on any atom is 0.270 e. The molecule has 1 amide bonds. The lowest BCUT2D eigenvalue weighted by Crippen LogP contribution is -2.49. The number of hydrogen-bond donors (Lipinski definition) is 0. The molecule has 3 aliphatic heterocycles. The van der Waals surface area contributed by atoms with Gasteiger partial charge in [0.25, 0.3) is 11.6 Å². The van der Waals surface area contributed by atoms with Gasteiger partial charge in [0.2, 0.25) is 6.79 Å². The first kappa shape index (κ1) is 25.2. The van der Waals surface area contributed by atoms with E-state index in [-0.39, 0.29) is 36.6 Å². The molecule has 3 aromatic carbocycles. The van der Waals surface area contributed by atoms with Gasteiger partial charge in [-0.2, -0.15) is 0 Å². The first-order chi connectivity index (χ1) is 19.5. The van der Waals surface area contributed by atoms with Crippen molar-refractivity contribution in [2.45, 2.75) is 54.0 Å². The SMILES string of the molecule is O=C(c1ccc(CSc2nc3ccc([N+](=O)[O-])cc3s2)cc1)N1[C@H]2CC[C@H]1CC(Oc1ccc3c(c1)OCO3)C2. The molecule has 2 fully saturated rings. The van der Waals surface area contributed by atoms with E-state index in [1.54, 1.807) is 23.9 Å². The molecule has 4 heterocycles. The molecule has 9 nitrogen and oxygen atoms in total. The van der Waals surface area contributed by atoms with Crippen LogP contribution in [0.1, 0.15) is 41.6 Å². The van der Waals surface area contributed by atoms with Crippen LogP contribution in [0.15, 0.2) is 65.0 Å². The molecule has 0 unspecified atom stereocenters. The van der Waals surface area contributed by atoms with Gasteiger partial charge in [-0.05, 0) is 48.7 Å². The van der Waals surface area contributed by atoms with Crippen LogP contribution in [0.3, 0.4) is 0 Å². The van der Waals surface area contributed by atoms with Gasteiger partial charge >= 0.3 is 0 Å². The Morgan fingerprint density at radius 2 is 1.82 bits per heavy atom. The number of thioether (sulfide) groups is 1. The largest absolute Gasteiger partial charge is 0.490 e. The predicted molar refractivity (Wildman–Crippen MR) is 151 cm³/mol. The third-order valence-electron chi connectivity index (χ3n) is 7.70. The van der Waals surface area contributed by atoms with E-state index < -0.39 is 4.92 Å². The Morgan fingerprint density at radius 3 is 2.60 bits per heavy atom. The minimum absolute atomic E-state index is 0.0648. The highest BCUT2D eigenvalue weighted by Crippen LogP contribution is 2.40. The lowest BCUT2D eigenvalue weighted by molar-refractivity contribution is -0.384. The fourth-order valence-electron chi connectivity index (χ4n) is 5.80. The van der Waals surface area contributed by atoms with Crippen molar-refractivity contribution in [3.8, 4) is 17.2 Å². The van der Waals surface area contributed by atoms with E-state index in [0.29, 0.717) is 17.1 Å². The summed E-state index contributed by atoms with van der Waals surface area (Å²) in [6.07, 6.45) is 3.69. The van der Waals surface area contributed by atoms with Crippen LogP contribution in [-0.4, -0.2) is 45.7 Å². The fourth-order valence-corrected chi connectivity index (χ4v) is 7.86. The number of amides is 1. The molecule has 204 valence electrons. The Kier molecular flexibility index (Phi) is 6.47. The molecule has 7 rings (SSSR count). The number of nitro benzene ring substituents is 1. The predicted octanol–water partition coefficient (Wildman–Crippen LogP) is 6.44. The highest BCUT2D eigenvalue weighted by molar-refractivity contribution is 8.00. The average molecular weight is 576 g/mol.